The van der Waals surface area contributed by atoms with Crippen LogP contribution in [-0.4, -0.2) is 4.98 Å². The molecule has 2 rings (SSSR count). The second kappa shape index (κ2) is 5.76. The van der Waals surface area contributed by atoms with Gasteiger partial charge in [0, 0.05) is 23.5 Å². The minimum absolute atomic E-state index is 0.00910. The molecule has 0 bridgehead atoms. The van der Waals surface area contributed by atoms with Gasteiger partial charge in [-0.25, -0.2) is 13.2 Å². The molecular formula is C14H6ClF3N2. The van der Waals surface area contributed by atoms with E-state index < -0.39 is 17.5 Å². The Labute approximate surface area is 117 Å². The van der Waals surface area contributed by atoms with Crippen LogP contribution < -0.4 is 0 Å². The molecule has 1 heterocycles. The molecule has 0 N–H and O–H groups in total. The zero-order chi connectivity index (χ0) is 14.7. The Bertz CT molecular complexity index is 698. The Balaban J connectivity index is 2.61. The lowest BCUT2D eigenvalue weighted by Gasteiger charge is -2.05. The Morgan fingerprint density at radius 1 is 1.15 bits per heavy atom. The number of nitriles is 1. The van der Waals surface area contributed by atoms with E-state index in [1.807, 2.05) is 6.07 Å². The van der Waals surface area contributed by atoms with Gasteiger partial charge in [-0.3, -0.25) is 4.98 Å². The number of benzene rings is 1. The van der Waals surface area contributed by atoms with Gasteiger partial charge in [0.1, 0.15) is 6.07 Å². The van der Waals surface area contributed by atoms with E-state index in [0.717, 1.165) is 12.1 Å². The van der Waals surface area contributed by atoms with Crippen LogP contribution in [0.15, 0.2) is 36.7 Å². The third-order valence-corrected chi connectivity index (χ3v) is 2.93. The number of hydrogen-bond acceptors (Lipinski definition) is 2. The van der Waals surface area contributed by atoms with Crippen LogP contribution >= 0.6 is 11.6 Å². The second-order valence-corrected chi connectivity index (χ2v) is 4.17. The highest BCUT2D eigenvalue weighted by atomic mass is 35.5. The van der Waals surface area contributed by atoms with E-state index in [2.05, 4.69) is 4.98 Å². The van der Waals surface area contributed by atoms with Crippen molar-refractivity contribution in [2.75, 3.05) is 0 Å². The van der Waals surface area contributed by atoms with Gasteiger partial charge < -0.3 is 0 Å². The summed E-state index contributed by atoms with van der Waals surface area (Å²) in [5, 5.41) is 8.94. The lowest BCUT2D eigenvalue weighted by Crippen LogP contribution is -1.94. The Kier molecular flexibility index (Phi) is 4.06. The zero-order valence-corrected chi connectivity index (χ0v) is 10.6. The van der Waals surface area contributed by atoms with Crippen LogP contribution in [0.2, 0.25) is 0 Å². The van der Waals surface area contributed by atoms with Crippen molar-refractivity contribution >= 4 is 22.2 Å². The summed E-state index contributed by atoms with van der Waals surface area (Å²) in [6.45, 7) is 0. The van der Waals surface area contributed by atoms with Crippen LogP contribution in [-0.2, 0) is 0 Å². The maximum absolute atomic E-state index is 13.2. The van der Waals surface area contributed by atoms with E-state index in [1.165, 1.54) is 12.4 Å². The van der Waals surface area contributed by atoms with Gasteiger partial charge in [-0.1, -0.05) is 17.7 Å². The number of rotatable bonds is 2. The fourth-order valence-electron chi connectivity index (χ4n) is 1.58. The molecule has 2 nitrogen and oxygen atoms in total. The molecule has 20 heavy (non-hydrogen) atoms. The van der Waals surface area contributed by atoms with Gasteiger partial charge in [0.2, 0.25) is 0 Å². The predicted octanol–water partition coefficient (Wildman–Crippen LogP) is 4.13. The van der Waals surface area contributed by atoms with Crippen molar-refractivity contribution < 1.29 is 13.2 Å². The largest absolute Gasteiger partial charge is 0.264 e. The summed E-state index contributed by atoms with van der Waals surface area (Å²) in [6.07, 6.45) is 2.89. The highest BCUT2D eigenvalue weighted by molar-refractivity contribution is 6.53. The molecule has 0 saturated carbocycles. The standard InChI is InChI=1S/C14H6ClF3N2/c15-13(9-4-11(16)14(18)12(17)5-9)10(6-19)8-2-1-3-20-7-8/h1-5,7H/b13-10+. The summed E-state index contributed by atoms with van der Waals surface area (Å²) in [5.74, 6) is -4.33. The first kappa shape index (κ1) is 14.1. The maximum Gasteiger partial charge on any atom is 0.194 e. The monoisotopic (exact) mass is 294 g/mol. The molecule has 0 spiro atoms. The van der Waals surface area contributed by atoms with Gasteiger partial charge >= 0.3 is 0 Å². The molecule has 0 saturated heterocycles. The van der Waals surface area contributed by atoms with E-state index >= 15 is 0 Å². The van der Waals surface area contributed by atoms with Gasteiger partial charge in [-0.15, -0.1) is 0 Å². The Morgan fingerprint density at radius 2 is 1.80 bits per heavy atom. The molecule has 0 unspecified atom stereocenters. The van der Waals surface area contributed by atoms with Crippen LogP contribution in [0.3, 0.4) is 0 Å². The Hall–Kier alpha value is -2.32. The van der Waals surface area contributed by atoms with E-state index in [4.69, 9.17) is 16.9 Å². The highest BCUT2D eigenvalue weighted by Crippen LogP contribution is 2.30. The van der Waals surface area contributed by atoms with Crippen LogP contribution in [0.4, 0.5) is 13.2 Å². The molecule has 0 fully saturated rings. The van der Waals surface area contributed by atoms with Gasteiger partial charge in [0.25, 0.3) is 0 Å². The van der Waals surface area contributed by atoms with Crippen molar-refractivity contribution in [3.05, 3.63) is 65.2 Å². The summed E-state index contributed by atoms with van der Waals surface area (Å²) in [7, 11) is 0. The fourth-order valence-corrected chi connectivity index (χ4v) is 1.84. The number of halogens is 4. The van der Waals surface area contributed by atoms with Crippen molar-refractivity contribution in [2.24, 2.45) is 0 Å². The average Bonchev–Trinajstić information content (AvgIpc) is 2.46. The molecule has 0 radical (unpaired) electrons. The fraction of sp³-hybridized carbons (Fsp3) is 0. The molecule has 0 aliphatic rings. The molecule has 1 aromatic carbocycles. The average molecular weight is 295 g/mol. The second-order valence-electron chi connectivity index (χ2n) is 3.80. The number of aromatic nitrogens is 1. The molecule has 100 valence electrons. The molecular weight excluding hydrogens is 289 g/mol. The number of pyridine rings is 1. The van der Waals surface area contributed by atoms with Gasteiger partial charge in [-0.05, 0) is 18.2 Å². The van der Waals surface area contributed by atoms with Gasteiger partial charge in [-0.2, -0.15) is 5.26 Å². The first-order valence-corrected chi connectivity index (χ1v) is 5.77. The number of hydrogen-bond donors (Lipinski definition) is 0. The Morgan fingerprint density at radius 3 is 2.30 bits per heavy atom. The van der Waals surface area contributed by atoms with Crippen LogP contribution in [0.1, 0.15) is 11.1 Å². The van der Waals surface area contributed by atoms with Crippen molar-refractivity contribution in [2.45, 2.75) is 0 Å². The minimum Gasteiger partial charge on any atom is -0.264 e. The lowest BCUT2D eigenvalue weighted by atomic mass is 10.1. The van der Waals surface area contributed by atoms with Gasteiger partial charge in [0.05, 0.1) is 10.6 Å². The third-order valence-electron chi connectivity index (χ3n) is 2.52. The summed E-state index contributed by atoms with van der Waals surface area (Å²) < 4.78 is 39.3. The van der Waals surface area contributed by atoms with Crippen LogP contribution in [0.5, 0.6) is 0 Å². The zero-order valence-electron chi connectivity index (χ0n) is 9.87. The first-order valence-electron chi connectivity index (χ1n) is 5.39. The SMILES string of the molecule is N#C/C(=C(\Cl)c1cc(F)c(F)c(F)c1)c1cccnc1. The lowest BCUT2D eigenvalue weighted by molar-refractivity contribution is 0.447. The van der Waals surface area contributed by atoms with E-state index in [-0.39, 0.29) is 16.2 Å². The summed E-state index contributed by atoms with van der Waals surface area (Å²) in [4.78, 5) is 3.83. The molecule has 6 heteroatoms. The van der Waals surface area contributed by atoms with Crippen molar-refractivity contribution in [1.82, 2.24) is 4.98 Å². The minimum atomic E-state index is -1.59. The topological polar surface area (TPSA) is 36.7 Å². The summed E-state index contributed by atoms with van der Waals surface area (Å²) >= 11 is 5.98. The number of nitrogens with zero attached hydrogens (tertiary/aromatic N) is 2. The quantitative estimate of drug-likeness (QED) is 0.617. The number of allylic oxidation sites excluding steroid dienone is 1. The smallest absolute Gasteiger partial charge is 0.194 e. The van der Waals surface area contributed by atoms with E-state index in [9.17, 15) is 13.2 Å². The van der Waals surface area contributed by atoms with Crippen molar-refractivity contribution in [1.29, 1.82) is 5.26 Å². The highest BCUT2D eigenvalue weighted by Gasteiger charge is 2.15. The first-order chi connectivity index (χ1) is 9.54. The molecule has 0 atom stereocenters. The van der Waals surface area contributed by atoms with Crippen molar-refractivity contribution in [3.8, 4) is 6.07 Å². The van der Waals surface area contributed by atoms with Crippen LogP contribution in [0, 0.1) is 28.8 Å². The van der Waals surface area contributed by atoms with Gasteiger partial charge in [0.15, 0.2) is 17.5 Å². The molecule has 0 aliphatic carbocycles. The maximum atomic E-state index is 13.2. The van der Waals surface area contributed by atoms with Crippen LogP contribution in [0.25, 0.3) is 10.6 Å². The molecule has 0 amide bonds. The summed E-state index contributed by atoms with van der Waals surface area (Å²) in [6, 6.07) is 6.46. The molecule has 2 aromatic rings. The molecule has 1 aromatic heterocycles. The van der Waals surface area contributed by atoms with E-state index in [1.54, 1.807) is 12.1 Å². The molecule has 0 aliphatic heterocycles. The van der Waals surface area contributed by atoms with Crippen molar-refractivity contribution in [3.63, 3.8) is 0 Å². The predicted molar refractivity (Wildman–Crippen MR) is 68.8 cm³/mol. The third kappa shape index (κ3) is 2.65. The summed E-state index contributed by atoms with van der Waals surface area (Å²) in [5.41, 5.74) is 0.263. The normalized spacial score (nSPS) is 11.8. The van der Waals surface area contributed by atoms with E-state index in [0.29, 0.717) is 5.56 Å².